The van der Waals surface area contributed by atoms with Gasteiger partial charge in [-0.1, -0.05) is 37.3 Å². The first-order chi connectivity index (χ1) is 8.46. The maximum Gasteiger partial charge on any atom is 0.212 e. The average molecular weight is 288 g/mol. The molecule has 0 bridgehead atoms. The van der Waals surface area contributed by atoms with Gasteiger partial charge in [0.25, 0.3) is 0 Å². The molecule has 1 unspecified atom stereocenters. The molecule has 0 aliphatic heterocycles. The van der Waals surface area contributed by atoms with Crippen LogP contribution in [0.15, 0.2) is 30.3 Å². The summed E-state index contributed by atoms with van der Waals surface area (Å²) in [7, 11) is -3.22. The van der Waals surface area contributed by atoms with Crippen molar-refractivity contribution < 1.29 is 8.42 Å². The average Bonchev–Trinajstić information content (AvgIpc) is 2.27. The third-order valence-electron chi connectivity index (χ3n) is 3.26. The first kappa shape index (κ1) is 13.8. The maximum absolute atomic E-state index is 12.0. The Morgan fingerprint density at radius 1 is 1.33 bits per heavy atom. The van der Waals surface area contributed by atoms with Crippen LogP contribution in [0.4, 0.5) is 0 Å². The lowest BCUT2D eigenvalue weighted by Gasteiger charge is -2.31. The lowest BCUT2D eigenvalue weighted by molar-refractivity contribution is 0.391. The second-order valence-corrected chi connectivity index (χ2v) is 7.39. The second kappa shape index (κ2) is 5.59. The van der Waals surface area contributed by atoms with E-state index in [2.05, 4.69) is 4.72 Å². The maximum atomic E-state index is 12.0. The van der Waals surface area contributed by atoms with Gasteiger partial charge in [0.2, 0.25) is 10.0 Å². The first-order valence-corrected chi connectivity index (χ1v) is 8.24. The minimum absolute atomic E-state index is 0.00410. The van der Waals surface area contributed by atoms with Gasteiger partial charge in [-0.3, -0.25) is 0 Å². The Labute approximate surface area is 114 Å². The Kier molecular flexibility index (Phi) is 4.30. The SMILES string of the molecule is CC(CS(=O)(=O)NC1CC(Cl)C1)c1ccccc1. The van der Waals surface area contributed by atoms with E-state index in [-0.39, 0.29) is 23.1 Å². The van der Waals surface area contributed by atoms with E-state index < -0.39 is 10.0 Å². The molecule has 2 rings (SSSR count). The Balaban J connectivity index is 1.92. The summed E-state index contributed by atoms with van der Waals surface area (Å²) in [6, 6.07) is 9.72. The second-order valence-electron chi connectivity index (χ2n) is 4.98. The van der Waals surface area contributed by atoms with E-state index in [9.17, 15) is 8.42 Å². The lowest BCUT2D eigenvalue weighted by atomic mass is 9.94. The molecule has 0 saturated heterocycles. The molecule has 1 aliphatic rings. The van der Waals surface area contributed by atoms with Gasteiger partial charge >= 0.3 is 0 Å². The number of nitrogens with one attached hydrogen (secondary N) is 1. The van der Waals surface area contributed by atoms with Gasteiger partial charge in [-0.05, 0) is 24.3 Å². The largest absolute Gasteiger partial charge is 0.212 e. The molecule has 1 aromatic carbocycles. The molecule has 1 fully saturated rings. The highest BCUT2D eigenvalue weighted by Crippen LogP contribution is 2.26. The van der Waals surface area contributed by atoms with Crippen LogP contribution >= 0.6 is 11.6 Å². The molecule has 0 heterocycles. The summed E-state index contributed by atoms with van der Waals surface area (Å²) in [6.45, 7) is 1.93. The van der Waals surface area contributed by atoms with Crippen LogP contribution in [0, 0.1) is 0 Å². The van der Waals surface area contributed by atoms with Crippen molar-refractivity contribution >= 4 is 21.6 Å². The molecule has 0 spiro atoms. The smallest absolute Gasteiger partial charge is 0.212 e. The number of benzene rings is 1. The van der Waals surface area contributed by atoms with Crippen LogP contribution < -0.4 is 4.72 Å². The number of alkyl halides is 1. The van der Waals surface area contributed by atoms with Crippen molar-refractivity contribution in [2.45, 2.75) is 37.1 Å². The Bertz CT molecular complexity index is 483. The van der Waals surface area contributed by atoms with E-state index in [1.807, 2.05) is 37.3 Å². The number of hydrogen-bond acceptors (Lipinski definition) is 2. The van der Waals surface area contributed by atoms with Gasteiger partial charge in [0.15, 0.2) is 0 Å². The molecular formula is C13H18ClNO2S. The minimum atomic E-state index is -3.22. The molecule has 0 aromatic heterocycles. The minimum Gasteiger partial charge on any atom is -0.212 e. The summed E-state index contributed by atoms with van der Waals surface area (Å²) < 4.78 is 26.7. The van der Waals surface area contributed by atoms with Crippen LogP contribution in [-0.4, -0.2) is 25.6 Å². The predicted octanol–water partition coefficient (Wildman–Crippen LogP) is 2.48. The van der Waals surface area contributed by atoms with Crippen LogP contribution in [0.25, 0.3) is 0 Å². The molecule has 100 valence electrons. The topological polar surface area (TPSA) is 46.2 Å². The summed E-state index contributed by atoms with van der Waals surface area (Å²) in [4.78, 5) is 0. The fourth-order valence-corrected chi connectivity index (χ4v) is 4.23. The van der Waals surface area contributed by atoms with Gasteiger partial charge in [0.05, 0.1) is 5.75 Å². The van der Waals surface area contributed by atoms with E-state index in [1.54, 1.807) is 0 Å². The van der Waals surface area contributed by atoms with Crippen molar-refractivity contribution in [3.05, 3.63) is 35.9 Å². The van der Waals surface area contributed by atoms with E-state index >= 15 is 0 Å². The molecule has 1 atom stereocenters. The molecule has 18 heavy (non-hydrogen) atoms. The number of sulfonamides is 1. The van der Waals surface area contributed by atoms with Crippen LogP contribution in [-0.2, 0) is 10.0 Å². The summed E-state index contributed by atoms with van der Waals surface area (Å²) >= 11 is 5.84. The Morgan fingerprint density at radius 3 is 2.50 bits per heavy atom. The third kappa shape index (κ3) is 3.70. The molecule has 1 aromatic rings. The molecule has 1 aliphatic carbocycles. The number of hydrogen-bond donors (Lipinski definition) is 1. The quantitative estimate of drug-likeness (QED) is 0.846. The standard InChI is InChI=1S/C13H18ClNO2S/c1-10(11-5-3-2-4-6-11)9-18(16,17)15-13-7-12(14)8-13/h2-6,10,12-13,15H,7-9H2,1H3. The predicted molar refractivity (Wildman–Crippen MR) is 74.4 cm³/mol. The summed E-state index contributed by atoms with van der Waals surface area (Å²) in [5.74, 6) is 0.121. The Hall–Kier alpha value is -0.580. The van der Waals surface area contributed by atoms with Crippen LogP contribution in [0.3, 0.4) is 0 Å². The third-order valence-corrected chi connectivity index (χ3v) is 5.25. The van der Waals surface area contributed by atoms with E-state index in [1.165, 1.54) is 0 Å². The molecule has 1 N–H and O–H groups in total. The van der Waals surface area contributed by atoms with Gasteiger partial charge in [0, 0.05) is 11.4 Å². The number of halogens is 1. The summed E-state index contributed by atoms with van der Waals surface area (Å²) in [5, 5.41) is 0.129. The van der Waals surface area contributed by atoms with Crippen LogP contribution in [0.5, 0.6) is 0 Å². The zero-order valence-corrected chi connectivity index (χ0v) is 11.9. The highest BCUT2D eigenvalue weighted by molar-refractivity contribution is 7.89. The summed E-state index contributed by atoms with van der Waals surface area (Å²) in [5.41, 5.74) is 1.05. The van der Waals surface area contributed by atoms with Gasteiger partial charge in [-0.15, -0.1) is 11.6 Å². The van der Waals surface area contributed by atoms with E-state index in [0.717, 1.165) is 18.4 Å². The van der Waals surface area contributed by atoms with Gasteiger partial charge < -0.3 is 0 Å². The molecule has 0 radical (unpaired) electrons. The summed E-state index contributed by atoms with van der Waals surface area (Å²) in [6.07, 6.45) is 1.47. The van der Waals surface area contributed by atoms with Crippen molar-refractivity contribution in [1.82, 2.24) is 4.72 Å². The molecule has 3 nitrogen and oxygen atoms in total. The van der Waals surface area contributed by atoms with Gasteiger partial charge in [-0.2, -0.15) is 0 Å². The zero-order valence-electron chi connectivity index (χ0n) is 10.3. The van der Waals surface area contributed by atoms with Crippen molar-refractivity contribution in [2.75, 3.05) is 5.75 Å². The van der Waals surface area contributed by atoms with Gasteiger partial charge in [-0.25, -0.2) is 13.1 Å². The first-order valence-electron chi connectivity index (χ1n) is 6.15. The van der Waals surface area contributed by atoms with Gasteiger partial charge in [0.1, 0.15) is 0 Å². The van der Waals surface area contributed by atoms with Crippen LogP contribution in [0.2, 0.25) is 0 Å². The highest BCUT2D eigenvalue weighted by atomic mass is 35.5. The molecular weight excluding hydrogens is 270 g/mol. The van der Waals surface area contributed by atoms with E-state index in [4.69, 9.17) is 11.6 Å². The number of rotatable bonds is 5. The highest BCUT2D eigenvalue weighted by Gasteiger charge is 2.31. The molecule has 1 saturated carbocycles. The van der Waals surface area contributed by atoms with Crippen molar-refractivity contribution in [3.8, 4) is 0 Å². The molecule has 0 amide bonds. The Morgan fingerprint density at radius 2 is 1.94 bits per heavy atom. The van der Waals surface area contributed by atoms with Crippen LogP contribution in [0.1, 0.15) is 31.2 Å². The van der Waals surface area contributed by atoms with E-state index in [0.29, 0.717) is 0 Å². The lowest BCUT2D eigenvalue weighted by Crippen LogP contribution is -2.46. The fraction of sp³-hybridized carbons (Fsp3) is 0.538. The van der Waals surface area contributed by atoms with Crippen molar-refractivity contribution in [3.63, 3.8) is 0 Å². The normalized spacial score (nSPS) is 25.4. The fourth-order valence-electron chi connectivity index (χ4n) is 2.15. The monoisotopic (exact) mass is 287 g/mol. The van der Waals surface area contributed by atoms with Crippen molar-refractivity contribution in [1.29, 1.82) is 0 Å². The zero-order chi connectivity index (χ0) is 13.2. The molecule has 5 heteroatoms. The van der Waals surface area contributed by atoms with Crippen molar-refractivity contribution in [2.24, 2.45) is 0 Å².